The summed E-state index contributed by atoms with van der Waals surface area (Å²) in [7, 11) is 0. The van der Waals surface area contributed by atoms with Crippen molar-refractivity contribution in [3.05, 3.63) is 0 Å². The van der Waals surface area contributed by atoms with E-state index in [0.29, 0.717) is 0 Å². The number of hydrogen-bond acceptors (Lipinski definition) is 4. The van der Waals surface area contributed by atoms with Gasteiger partial charge in [0, 0.05) is 26.2 Å². The highest BCUT2D eigenvalue weighted by atomic mass is 16.5. The molecule has 0 spiro atoms. The molecule has 0 aromatic carbocycles. The molecule has 19 heavy (non-hydrogen) atoms. The monoisotopic (exact) mass is 271 g/mol. The van der Waals surface area contributed by atoms with E-state index >= 15 is 0 Å². The molecule has 1 N–H and O–H groups in total. The number of nitrogens with one attached hydrogen (secondary N) is 1. The first-order valence-corrected chi connectivity index (χ1v) is 7.51. The molecule has 1 fully saturated rings. The number of amides is 1. The molecule has 1 atom stereocenters. The van der Waals surface area contributed by atoms with Gasteiger partial charge in [-0.25, -0.2) is 0 Å². The van der Waals surface area contributed by atoms with Gasteiger partial charge in [0.15, 0.2) is 0 Å². The summed E-state index contributed by atoms with van der Waals surface area (Å²) in [6.45, 7) is 13.3. The Morgan fingerprint density at radius 2 is 1.95 bits per heavy atom. The Bertz CT molecular complexity index is 251. The van der Waals surface area contributed by atoms with Gasteiger partial charge < -0.3 is 15.0 Å². The Balaban J connectivity index is 2.12. The van der Waals surface area contributed by atoms with Crippen LogP contribution in [0, 0.1) is 0 Å². The molecule has 5 nitrogen and oxygen atoms in total. The number of rotatable bonds is 8. The Labute approximate surface area is 117 Å². The van der Waals surface area contributed by atoms with Gasteiger partial charge in [0.25, 0.3) is 0 Å². The fraction of sp³-hybridized carbons (Fsp3) is 0.929. The summed E-state index contributed by atoms with van der Waals surface area (Å²) in [6, 6.07) is -0.0791. The van der Waals surface area contributed by atoms with Crippen molar-refractivity contribution in [1.29, 1.82) is 0 Å². The largest absolute Gasteiger partial charge is 0.379 e. The fourth-order valence-corrected chi connectivity index (χ4v) is 2.34. The molecule has 0 radical (unpaired) electrons. The quantitative estimate of drug-likeness (QED) is 0.655. The van der Waals surface area contributed by atoms with Crippen molar-refractivity contribution in [3.63, 3.8) is 0 Å². The van der Waals surface area contributed by atoms with Gasteiger partial charge in [0.2, 0.25) is 5.91 Å². The van der Waals surface area contributed by atoms with E-state index in [-0.39, 0.29) is 11.9 Å². The second-order valence-electron chi connectivity index (χ2n) is 4.99. The van der Waals surface area contributed by atoms with Gasteiger partial charge in [-0.05, 0) is 40.3 Å². The van der Waals surface area contributed by atoms with Gasteiger partial charge in [0.05, 0.1) is 19.3 Å². The SMILES string of the molecule is CCN(CC)C(=O)C(C)NCCCN1CCOCC1. The first-order valence-electron chi connectivity index (χ1n) is 7.51. The van der Waals surface area contributed by atoms with Crippen LogP contribution in [0.25, 0.3) is 0 Å². The predicted octanol–water partition coefficient (Wildman–Crippen LogP) is 0.555. The molecule has 1 aliphatic heterocycles. The standard InChI is InChI=1S/C14H29N3O2/c1-4-17(5-2)14(18)13(3)15-7-6-8-16-9-11-19-12-10-16/h13,15H,4-12H2,1-3H3. The summed E-state index contributed by atoms with van der Waals surface area (Å²) in [5, 5.41) is 3.32. The highest BCUT2D eigenvalue weighted by Crippen LogP contribution is 1.98. The molecule has 0 bridgehead atoms. The van der Waals surface area contributed by atoms with E-state index < -0.39 is 0 Å². The zero-order chi connectivity index (χ0) is 14.1. The van der Waals surface area contributed by atoms with Crippen LogP contribution in [0.3, 0.4) is 0 Å². The molecule has 1 rings (SSSR count). The van der Waals surface area contributed by atoms with Gasteiger partial charge in [0.1, 0.15) is 0 Å². The van der Waals surface area contributed by atoms with Crippen LogP contribution >= 0.6 is 0 Å². The van der Waals surface area contributed by atoms with Crippen LogP contribution < -0.4 is 5.32 Å². The lowest BCUT2D eigenvalue weighted by Gasteiger charge is -2.27. The van der Waals surface area contributed by atoms with Crippen LogP contribution in [0.2, 0.25) is 0 Å². The Hall–Kier alpha value is -0.650. The van der Waals surface area contributed by atoms with Crippen LogP contribution in [0.15, 0.2) is 0 Å². The maximum atomic E-state index is 12.0. The maximum absolute atomic E-state index is 12.0. The number of carbonyl (C=O) groups is 1. The Morgan fingerprint density at radius 3 is 2.53 bits per heavy atom. The van der Waals surface area contributed by atoms with Gasteiger partial charge in [-0.3, -0.25) is 9.69 Å². The van der Waals surface area contributed by atoms with Crippen molar-refractivity contribution in [2.24, 2.45) is 0 Å². The Kier molecular flexibility index (Phi) is 8.02. The second kappa shape index (κ2) is 9.28. The van der Waals surface area contributed by atoms with Gasteiger partial charge in [-0.15, -0.1) is 0 Å². The average molecular weight is 271 g/mol. The lowest BCUT2D eigenvalue weighted by atomic mass is 10.2. The number of morpholine rings is 1. The van der Waals surface area contributed by atoms with Gasteiger partial charge >= 0.3 is 0 Å². The van der Waals surface area contributed by atoms with Crippen LogP contribution in [0.5, 0.6) is 0 Å². The predicted molar refractivity (Wildman–Crippen MR) is 77.3 cm³/mol. The number of hydrogen-bond donors (Lipinski definition) is 1. The van der Waals surface area contributed by atoms with Crippen molar-refractivity contribution in [2.75, 3.05) is 52.5 Å². The number of likely N-dealkylation sites (N-methyl/N-ethyl adjacent to an activating group) is 1. The highest BCUT2D eigenvalue weighted by Gasteiger charge is 2.17. The molecule has 0 aromatic rings. The molecule has 1 amide bonds. The number of carbonyl (C=O) groups excluding carboxylic acids is 1. The zero-order valence-corrected chi connectivity index (χ0v) is 12.7. The first kappa shape index (κ1) is 16.4. The van der Waals surface area contributed by atoms with E-state index in [0.717, 1.165) is 58.9 Å². The first-order chi connectivity index (χ1) is 9.19. The summed E-state index contributed by atoms with van der Waals surface area (Å²) in [4.78, 5) is 16.3. The number of ether oxygens (including phenoxy) is 1. The van der Waals surface area contributed by atoms with E-state index in [9.17, 15) is 4.79 Å². The summed E-state index contributed by atoms with van der Waals surface area (Å²) >= 11 is 0. The summed E-state index contributed by atoms with van der Waals surface area (Å²) in [6.07, 6.45) is 1.08. The molecule has 1 unspecified atom stereocenters. The second-order valence-corrected chi connectivity index (χ2v) is 4.99. The molecule has 5 heteroatoms. The van der Waals surface area contributed by atoms with Gasteiger partial charge in [-0.1, -0.05) is 0 Å². The molecule has 0 aromatic heterocycles. The fourth-order valence-electron chi connectivity index (χ4n) is 2.34. The molecule has 112 valence electrons. The van der Waals surface area contributed by atoms with Crippen molar-refractivity contribution in [2.45, 2.75) is 33.2 Å². The topological polar surface area (TPSA) is 44.8 Å². The lowest BCUT2D eigenvalue weighted by Crippen LogP contribution is -2.45. The minimum atomic E-state index is -0.0791. The highest BCUT2D eigenvalue weighted by molar-refractivity contribution is 5.81. The molecule has 1 aliphatic rings. The molecule has 1 heterocycles. The van der Waals surface area contributed by atoms with Crippen molar-refractivity contribution in [1.82, 2.24) is 15.1 Å². The van der Waals surface area contributed by atoms with E-state index in [1.165, 1.54) is 0 Å². The normalized spacial score (nSPS) is 18.3. The van der Waals surface area contributed by atoms with Crippen LogP contribution in [-0.2, 0) is 9.53 Å². The van der Waals surface area contributed by atoms with E-state index in [1.807, 2.05) is 25.7 Å². The van der Waals surface area contributed by atoms with Crippen molar-refractivity contribution in [3.8, 4) is 0 Å². The molecular weight excluding hydrogens is 242 g/mol. The molecular formula is C14H29N3O2. The van der Waals surface area contributed by atoms with Crippen molar-refractivity contribution < 1.29 is 9.53 Å². The van der Waals surface area contributed by atoms with Crippen LogP contribution in [0.1, 0.15) is 27.2 Å². The van der Waals surface area contributed by atoms with Crippen LogP contribution in [0.4, 0.5) is 0 Å². The third kappa shape index (κ3) is 5.89. The smallest absolute Gasteiger partial charge is 0.239 e. The average Bonchev–Trinajstić information content (AvgIpc) is 2.45. The molecule has 0 aliphatic carbocycles. The van der Waals surface area contributed by atoms with E-state index in [4.69, 9.17) is 4.74 Å². The lowest BCUT2D eigenvalue weighted by molar-refractivity contribution is -0.132. The number of nitrogens with zero attached hydrogens (tertiary/aromatic N) is 2. The van der Waals surface area contributed by atoms with Gasteiger partial charge in [-0.2, -0.15) is 0 Å². The minimum absolute atomic E-state index is 0.0791. The molecule has 0 saturated carbocycles. The summed E-state index contributed by atoms with van der Waals surface area (Å²) in [5.41, 5.74) is 0. The van der Waals surface area contributed by atoms with E-state index in [2.05, 4.69) is 10.2 Å². The van der Waals surface area contributed by atoms with Crippen molar-refractivity contribution >= 4 is 5.91 Å². The summed E-state index contributed by atoms with van der Waals surface area (Å²) in [5.74, 6) is 0.205. The zero-order valence-electron chi connectivity index (χ0n) is 12.7. The minimum Gasteiger partial charge on any atom is -0.379 e. The third-order valence-corrected chi connectivity index (χ3v) is 3.65. The maximum Gasteiger partial charge on any atom is 0.239 e. The van der Waals surface area contributed by atoms with Crippen LogP contribution in [-0.4, -0.2) is 74.2 Å². The Morgan fingerprint density at radius 1 is 1.32 bits per heavy atom. The summed E-state index contributed by atoms with van der Waals surface area (Å²) < 4.78 is 5.32. The molecule has 1 saturated heterocycles. The third-order valence-electron chi connectivity index (χ3n) is 3.65. The van der Waals surface area contributed by atoms with E-state index in [1.54, 1.807) is 0 Å².